The van der Waals surface area contributed by atoms with Crippen molar-refractivity contribution in [3.8, 4) is 0 Å². The monoisotopic (exact) mass is 238 g/mol. The quantitative estimate of drug-likeness (QED) is 0.614. The van der Waals surface area contributed by atoms with Crippen LogP contribution in [0.15, 0.2) is 0 Å². The highest BCUT2D eigenvalue weighted by atomic mass is 16.2. The SMILES string of the molecule is NC1CNCCC1N1CCN2C(=O)CC[C@H]2C1. The van der Waals surface area contributed by atoms with Gasteiger partial charge in [0.25, 0.3) is 0 Å². The van der Waals surface area contributed by atoms with Crippen molar-refractivity contribution < 1.29 is 4.79 Å². The van der Waals surface area contributed by atoms with E-state index >= 15 is 0 Å². The Morgan fingerprint density at radius 1 is 1.29 bits per heavy atom. The van der Waals surface area contributed by atoms with E-state index in [1.54, 1.807) is 0 Å². The summed E-state index contributed by atoms with van der Waals surface area (Å²) in [5.41, 5.74) is 6.19. The fourth-order valence-electron chi connectivity index (χ4n) is 3.51. The van der Waals surface area contributed by atoms with E-state index < -0.39 is 0 Å². The first-order valence-corrected chi connectivity index (χ1v) is 6.75. The van der Waals surface area contributed by atoms with Crippen LogP contribution in [-0.4, -0.2) is 66.6 Å². The minimum absolute atomic E-state index is 0.243. The molecule has 3 aliphatic heterocycles. The van der Waals surface area contributed by atoms with Gasteiger partial charge in [-0.15, -0.1) is 0 Å². The van der Waals surface area contributed by atoms with Crippen molar-refractivity contribution in [1.82, 2.24) is 15.1 Å². The maximum Gasteiger partial charge on any atom is 0.222 e. The summed E-state index contributed by atoms with van der Waals surface area (Å²) in [5.74, 6) is 0.351. The summed E-state index contributed by atoms with van der Waals surface area (Å²) in [6, 6.07) is 1.21. The van der Waals surface area contributed by atoms with Crippen LogP contribution in [0.2, 0.25) is 0 Å². The van der Waals surface area contributed by atoms with Gasteiger partial charge in [0.05, 0.1) is 0 Å². The third kappa shape index (κ3) is 2.07. The van der Waals surface area contributed by atoms with Gasteiger partial charge in [-0.05, 0) is 19.4 Å². The summed E-state index contributed by atoms with van der Waals surface area (Å²) in [6.45, 7) is 4.93. The van der Waals surface area contributed by atoms with Crippen LogP contribution in [0.1, 0.15) is 19.3 Å². The number of fused-ring (bicyclic) bond motifs is 1. The van der Waals surface area contributed by atoms with E-state index in [-0.39, 0.29) is 6.04 Å². The molecule has 0 aromatic heterocycles. The predicted octanol–water partition coefficient (Wildman–Crippen LogP) is -1.02. The number of nitrogens with zero attached hydrogens (tertiary/aromatic N) is 2. The summed E-state index contributed by atoms with van der Waals surface area (Å²) in [4.78, 5) is 16.2. The molecule has 5 nitrogen and oxygen atoms in total. The number of carbonyl (C=O) groups is 1. The smallest absolute Gasteiger partial charge is 0.222 e. The Bertz CT molecular complexity index is 309. The predicted molar refractivity (Wildman–Crippen MR) is 65.6 cm³/mol. The molecule has 2 unspecified atom stereocenters. The van der Waals surface area contributed by atoms with Gasteiger partial charge in [0, 0.05) is 50.7 Å². The largest absolute Gasteiger partial charge is 0.337 e. The van der Waals surface area contributed by atoms with Gasteiger partial charge < -0.3 is 16.0 Å². The lowest BCUT2D eigenvalue weighted by molar-refractivity contribution is -0.131. The van der Waals surface area contributed by atoms with Crippen LogP contribution in [-0.2, 0) is 4.79 Å². The Morgan fingerprint density at radius 3 is 3.00 bits per heavy atom. The Labute approximate surface area is 102 Å². The van der Waals surface area contributed by atoms with Gasteiger partial charge in [-0.1, -0.05) is 0 Å². The molecule has 3 rings (SSSR count). The normalized spacial score (nSPS) is 39.5. The molecule has 3 heterocycles. The molecular formula is C12H22N4O. The third-order valence-electron chi connectivity index (χ3n) is 4.49. The van der Waals surface area contributed by atoms with Gasteiger partial charge in [-0.25, -0.2) is 0 Å². The highest BCUT2D eigenvalue weighted by Crippen LogP contribution is 2.25. The van der Waals surface area contributed by atoms with Crippen LogP contribution in [0.5, 0.6) is 0 Å². The highest BCUT2D eigenvalue weighted by molar-refractivity contribution is 5.78. The van der Waals surface area contributed by atoms with Gasteiger partial charge in [0.1, 0.15) is 0 Å². The maximum absolute atomic E-state index is 11.6. The molecule has 1 amide bonds. The third-order valence-corrected chi connectivity index (χ3v) is 4.49. The Kier molecular flexibility index (Phi) is 3.06. The van der Waals surface area contributed by atoms with E-state index in [0.29, 0.717) is 18.0 Å². The van der Waals surface area contributed by atoms with Gasteiger partial charge in [-0.3, -0.25) is 9.69 Å². The number of rotatable bonds is 1. The molecule has 0 aromatic rings. The molecule has 0 saturated carbocycles. The second-order valence-electron chi connectivity index (χ2n) is 5.50. The molecule has 17 heavy (non-hydrogen) atoms. The van der Waals surface area contributed by atoms with Crippen LogP contribution in [0, 0.1) is 0 Å². The van der Waals surface area contributed by atoms with Crippen LogP contribution < -0.4 is 11.1 Å². The minimum atomic E-state index is 0.243. The van der Waals surface area contributed by atoms with Gasteiger partial charge in [0.15, 0.2) is 0 Å². The number of hydrogen-bond acceptors (Lipinski definition) is 4. The van der Waals surface area contributed by atoms with E-state index in [4.69, 9.17) is 5.73 Å². The number of hydrogen-bond donors (Lipinski definition) is 2. The van der Waals surface area contributed by atoms with Crippen LogP contribution in [0.25, 0.3) is 0 Å². The van der Waals surface area contributed by atoms with Crippen molar-refractivity contribution in [1.29, 1.82) is 0 Å². The number of amides is 1. The second kappa shape index (κ2) is 4.55. The zero-order valence-corrected chi connectivity index (χ0v) is 10.3. The lowest BCUT2D eigenvalue weighted by Gasteiger charge is -2.45. The number of nitrogens with two attached hydrogens (primary N) is 1. The molecule has 3 aliphatic rings. The van der Waals surface area contributed by atoms with Crippen molar-refractivity contribution in [3.05, 3.63) is 0 Å². The Balaban J connectivity index is 1.64. The molecule has 5 heteroatoms. The number of piperazine rings is 1. The fourth-order valence-corrected chi connectivity index (χ4v) is 3.51. The summed E-state index contributed by atoms with van der Waals surface area (Å²) in [5, 5.41) is 3.34. The maximum atomic E-state index is 11.6. The average molecular weight is 238 g/mol. The van der Waals surface area contributed by atoms with Crippen molar-refractivity contribution in [2.75, 3.05) is 32.7 Å². The van der Waals surface area contributed by atoms with Crippen molar-refractivity contribution in [2.45, 2.75) is 37.4 Å². The summed E-state index contributed by atoms with van der Waals surface area (Å²) >= 11 is 0. The molecule has 3 N–H and O–H groups in total. The molecule has 96 valence electrons. The van der Waals surface area contributed by atoms with E-state index in [1.807, 2.05) is 0 Å². The minimum Gasteiger partial charge on any atom is -0.337 e. The lowest BCUT2D eigenvalue weighted by atomic mass is 9.98. The molecule has 3 atom stereocenters. The van der Waals surface area contributed by atoms with Crippen molar-refractivity contribution in [3.63, 3.8) is 0 Å². The van der Waals surface area contributed by atoms with E-state index in [9.17, 15) is 4.79 Å². The lowest BCUT2D eigenvalue weighted by Crippen LogP contribution is -2.62. The van der Waals surface area contributed by atoms with Crippen LogP contribution in [0.3, 0.4) is 0 Å². The van der Waals surface area contributed by atoms with E-state index in [0.717, 1.165) is 52.0 Å². The second-order valence-corrected chi connectivity index (χ2v) is 5.50. The summed E-state index contributed by atoms with van der Waals surface area (Å²) < 4.78 is 0. The zero-order valence-electron chi connectivity index (χ0n) is 10.3. The summed E-state index contributed by atoms with van der Waals surface area (Å²) in [7, 11) is 0. The van der Waals surface area contributed by atoms with Gasteiger partial charge >= 0.3 is 0 Å². The Hall–Kier alpha value is -0.650. The number of piperidine rings is 1. The fraction of sp³-hybridized carbons (Fsp3) is 0.917. The molecule has 3 fully saturated rings. The van der Waals surface area contributed by atoms with Crippen LogP contribution in [0.4, 0.5) is 0 Å². The summed E-state index contributed by atoms with van der Waals surface area (Å²) in [6.07, 6.45) is 2.92. The first-order valence-electron chi connectivity index (χ1n) is 6.75. The first kappa shape index (κ1) is 11.4. The van der Waals surface area contributed by atoms with E-state index in [2.05, 4.69) is 15.1 Å². The number of carbonyl (C=O) groups excluding carboxylic acids is 1. The first-order chi connectivity index (χ1) is 8.25. The molecule has 0 aliphatic carbocycles. The highest BCUT2D eigenvalue weighted by Gasteiger charge is 2.38. The molecule has 0 radical (unpaired) electrons. The molecule has 0 spiro atoms. The molecule has 0 aromatic carbocycles. The van der Waals surface area contributed by atoms with Gasteiger partial charge in [-0.2, -0.15) is 0 Å². The molecular weight excluding hydrogens is 216 g/mol. The van der Waals surface area contributed by atoms with Crippen molar-refractivity contribution in [2.24, 2.45) is 5.73 Å². The average Bonchev–Trinajstić information content (AvgIpc) is 2.71. The number of nitrogens with one attached hydrogen (secondary N) is 1. The van der Waals surface area contributed by atoms with Gasteiger partial charge in [0.2, 0.25) is 5.91 Å². The van der Waals surface area contributed by atoms with Crippen LogP contribution >= 0.6 is 0 Å². The Morgan fingerprint density at radius 2 is 2.18 bits per heavy atom. The molecule has 0 bridgehead atoms. The zero-order chi connectivity index (χ0) is 11.8. The van der Waals surface area contributed by atoms with E-state index in [1.165, 1.54) is 0 Å². The standard InChI is InChI=1S/C12H22N4O/c13-10-7-14-4-3-11(10)15-5-6-16-9(8-15)1-2-12(16)17/h9-11,14H,1-8,13H2/t9-,10?,11?/m0/s1. The van der Waals surface area contributed by atoms with Crippen molar-refractivity contribution >= 4 is 5.91 Å². The molecule has 3 saturated heterocycles. The topological polar surface area (TPSA) is 61.6 Å².